The van der Waals surface area contributed by atoms with Crippen molar-refractivity contribution >= 4 is 22.3 Å². The smallest absolute Gasteiger partial charge is 0.280 e. The van der Waals surface area contributed by atoms with Crippen LogP contribution in [-0.4, -0.2) is 44.5 Å². The summed E-state index contributed by atoms with van der Waals surface area (Å²) in [6, 6.07) is 0. The predicted molar refractivity (Wildman–Crippen MR) is 75.2 cm³/mol. The third kappa shape index (κ3) is 3.42. The number of rotatable bonds is 6. The number of carbonyl (C=O) groups is 1. The van der Waals surface area contributed by atoms with Crippen molar-refractivity contribution in [3.8, 4) is 0 Å². The Morgan fingerprint density at radius 3 is 2.63 bits per heavy atom. The lowest BCUT2D eigenvalue weighted by Gasteiger charge is -2.16. The summed E-state index contributed by atoms with van der Waals surface area (Å²) in [6.07, 6.45) is 6.64. The van der Waals surface area contributed by atoms with E-state index in [0.29, 0.717) is 12.8 Å². The third-order valence-corrected chi connectivity index (χ3v) is 4.41. The highest BCUT2D eigenvalue weighted by atomic mass is 32.2. The van der Waals surface area contributed by atoms with Crippen molar-refractivity contribution in [2.24, 2.45) is 10.9 Å². The Balaban J connectivity index is 2.91. The predicted octanol–water partition coefficient (Wildman–Crippen LogP) is 0.725. The molecule has 1 N–H and O–H groups in total. The van der Waals surface area contributed by atoms with E-state index in [2.05, 4.69) is 9.71 Å². The molecule has 0 heterocycles. The van der Waals surface area contributed by atoms with Crippen LogP contribution in [0.3, 0.4) is 0 Å². The van der Waals surface area contributed by atoms with Gasteiger partial charge in [0.25, 0.3) is 5.91 Å². The third-order valence-electron chi connectivity index (χ3n) is 3.01. The van der Waals surface area contributed by atoms with Gasteiger partial charge in [-0.1, -0.05) is 19.1 Å². The first-order valence-electron chi connectivity index (χ1n) is 6.21. The molecule has 0 aromatic carbocycles. The van der Waals surface area contributed by atoms with E-state index in [4.69, 9.17) is 0 Å². The Morgan fingerprint density at radius 2 is 2.16 bits per heavy atom. The summed E-state index contributed by atoms with van der Waals surface area (Å²) in [5.74, 6) is -0.591. The molecule has 0 aliphatic heterocycles. The molecule has 2 atom stereocenters. The molecule has 0 aromatic heterocycles. The van der Waals surface area contributed by atoms with Gasteiger partial charge in [0.1, 0.15) is 5.54 Å². The summed E-state index contributed by atoms with van der Waals surface area (Å²) >= 11 is 0. The zero-order chi connectivity index (χ0) is 14.7. The van der Waals surface area contributed by atoms with Crippen LogP contribution in [0.2, 0.25) is 0 Å². The molecule has 7 heteroatoms. The molecule has 1 fully saturated rings. The zero-order valence-electron chi connectivity index (χ0n) is 11.8. The van der Waals surface area contributed by atoms with Crippen LogP contribution in [-0.2, 0) is 15.0 Å². The largest absolute Gasteiger partial charge is 0.303 e. The molecule has 0 saturated heterocycles. The maximum Gasteiger partial charge on any atom is 0.303 e. The van der Waals surface area contributed by atoms with E-state index in [-0.39, 0.29) is 5.92 Å². The minimum atomic E-state index is -3.77. The number of nitrogens with zero attached hydrogens (tertiary/aromatic N) is 2. The van der Waals surface area contributed by atoms with Crippen molar-refractivity contribution < 1.29 is 13.2 Å². The molecule has 0 spiro atoms. The van der Waals surface area contributed by atoms with E-state index in [1.54, 1.807) is 6.21 Å². The maximum atomic E-state index is 12.2. The zero-order valence-corrected chi connectivity index (χ0v) is 12.6. The molecule has 0 radical (unpaired) electrons. The van der Waals surface area contributed by atoms with Crippen LogP contribution in [0.1, 0.15) is 26.7 Å². The molecular weight excluding hydrogens is 266 g/mol. The van der Waals surface area contributed by atoms with Gasteiger partial charge in [-0.2, -0.15) is 12.7 Å². The van der Waals surface area contributed by atoms with Gasteiger partial charge in [0.2, 0.25) is 0 Å². The van der Waals surface area contributed by atoms with E-state index < -0.39 is 21.7 Å². The quantitative estimate of drug-likeness (QED) is 0.577. The summed E-state index contributed by atoms with van der Waals surface area (Å²) in [6.45, 7) is 3.78. The second-order valence-electron chi connectivity index (χ2n) is 4.70. The molecule has 0 bridgehead atoms. The molecular formula is C12H21N3O3S. The molecule has 1 amide bonds. The molecule has 6 nitrogen and oxygen atoms in total. The average molecular weight is 287 g/mol. The molecule has 1 rings (SSSR count). The van der Waals surface area contributed by atoms with Gasteiger partial charge in [-0.25, -0.2) is 4.72 Å². The van der Waals surface area contributed by atoms with E-state index in [0.717, 1.165) is 4.31 Å². The number of allylic oxidation sites excluding steroid dienone is 1. The average Bonchev–Trinajstić information content (AvgIpc) is 3.01. The Kier molecular flexibility index (Phi) is 4.86. The van der Waals surface area contributed by atoms with Crippen LogP contribution < -0.4 is 4.72 Å². The van der Waals surface area contributed by atoms with E-state index in [1.165, 1.54) is 14.1 Å². The van der Waals surface area contributed by atoms with Crippen LogP contribution in [0.4, 0.5) is 0 Å². The molecule has 0 aromatic rings. The van der Waals surface area contributed by atoms with Crippen LogP contribution in [0.15, 0.2) is 17.1 Å². The first kappa shape index (κ1) is 15.8. The van der Waals surface area contributed by atoms with E-state index in [1.807, 2.05) is 26.0 Å². The lowest BCUT2D eigenvalue weighted by Crippen LogP contribution is -2.45. The summed E-state index contributed by atoms with van der Waals surface area (Å²) in [5.41, 5.74) is -0.953. The SMILES string of the molecule is CC=CC1CC1(N=CCC)C(=O)NS(=O)(=O)N(C)C. The van der Waals surface area contributed by atoms with Crippen molar-refractivity contribution in [1.82, 2.24) is 9.03 Å². The normalized spacial score (nSPS) is 27.3. The maximum absolute atomic E-state index is 12.2. The summed E-state index contributed by atoms with van der Waals surface area (Å²) in [5, 5.41) is 0. The number of amides is 1. The van der Waals surface area contributed by atoms with Gasteiger partial charge < -0.3 is 0 Å². The Morgan fingerprint density at radius 1 is 1.53 bits per heavy atom. The highest BCUT2D eigenvalue weighted by molar-refractivity contribution is 7.87. The Labute approximate surface area is 114 Å². The van der Waals surface area contributed by atoms with Gasteiger partial charge in [-0.15, -0.1) is 0 Å². The number of carbonyl (C=O) groups excluding carboxylic acids is 1. The fraction of sp³-hybridized carbons (Fsp3) is 0.667. The second-order valence-corrected chi connectivity index (χ2v) is 6.58. The minimum absolute atomic E-state index is 0.0299. The highest BCUT2D eigenvalue weighted by Crippen LogP contribution is 2.48. The molecule has 2 unspecified atom stereocenters. The van der Waals surface area contributed by atoms with E-state index >= 15 is 0 Å². The highest BCUT2D eigenvalue weighted by Gasteiger charge is 2.59. The topological polar surface area (TPSA) is 78.8 Å². The van der Waals surface area contributed by atoms with Gasteiger partial charge in [-0.3, -0.25) is 9.79 Å². The number of aliphatic imine (C=N–C) groups is 1. The fourth-order valence-electron chi connectivity index (χ4n) is 1.76. The Hall–Kier alpha value is -1.21. The molecule has 19 heavy (non-hydrogen) atoms. The molecule has 1 aliphatic carbocycles. The van der Waals surface area contributed by atoms with Crippen molar-refractivity contribution in [2.75, 3.05) is 14.1 Å². The second kappa shape index (κ2) is 5.83. The Bertz CT molecular complexity index is 496. The van der Waals surface area contributed by atoms with Crippen molar-refractivity contribution in [3.05, 3.63) is 12.2 Å². The van der Waals surface area contributed by atoms with Crippen LogP contribution >= 0.6 is 0 Å². The first-order chi connectivity index (χ1) is 8.80. The monoisotopic (exact) mass is 287 g/mol. The number of nitrogens with one attached hydrogen (secondary N) is 1. The summed E-state index contributed by atoms with van der Waals surface area (Å²) in [7, 11) is -1.03. The standard InChI is InChI=1S/C12H21N3O3S/c1-5-7-10-9-12(10,13-8-6-2)11(16)14-19(17,18)15(3)4/h5,7-8,10H,6,9H2,1-4H3,(H,14,16). The summed E-state index contributed by atoms with van der Waals surface area (Å²) < 4.78 is 26.4. The van der Waals surface area contributed by atoms with Gasteiger partial charge in [0.15, 0.2) is 0 Å². The molecule has 1 saturated carbocycles. The summed E-state index contributed by atoms with van der Waals surface area (Å²) in [4.78, 5) is 16.4. The van der Waals surface area contributed by atoms with Gasteiger partial charge in [0, 0.05) is 20.0 Å². The minimum Gasteiger partial charge on any atom is -0.280 e. The van der Waals surface area contributed by atoms with Crippen LogP contribution in [0, 0.1) is 5.92 Å². The van der Waals surface area contributed by atoms with Crippen LogP contribution in [0.25, 0.3) is 0 Å². The fourth-order valence-corrected chi connectivity index (χ4v) is 2.35. The van der Waals surface area contributed by atoms with Crippen molar-refractivity contribution in [1.29, 1.82) is 0 Å². The van der Waals surface area contributed by atoms with Gasteiger partial charge in [0.05, 0.1) is 0 Å². The number of hydrogen-bond donors (Lipinski definition) is 1. The van der Waals surface area contributed by atoms with Crippen molar-refractivity contribution in [3.63, 3.8) is 0 Å². The lowest BCUT2D eigenvalue weighted by molar-refractivity contribution is -0.121. The molecule has 1 aliphatic rings. The lowest BCUT2D eigenvalue weighted by atomic mass is 10.2. The van der Waals surface area contributed by atoms with Crippen LogP contribution in [0.5, 0.6) is 0 Å². The van der Waals surface area contributed by atoms with Gasteiger partial charge >= 0.3 is 10.2 Å². The van der Waals surface area contributed by atoms with E-state index in [9.17, 15) is 13.2 Å². The molecule has 108 valence electrons. The van der Waals surface area contributed by atoms with Gasteiger partial charge in [-0.05, 0) is 26.0 Å². The number of hydrogen-bond acceptors (Lipinski definition) is 4. The first-order valence-corrected chi connectivity index (χ1v) is 7.65. The van der Waals surface area contributed by atoms with Crippen molar-refractivity contribution in [2.45, 2.75) is 32.2 Å².